The van der Waals surface area contributed by atoms with Crippen LogP contribution in [0.5, 0.6) is 0 Å². The second kappa shape index (κ2) is 9.77. The summed E-state index contributed by atoms with van der Waals surface area (Å²) in [7, 11) is 0. The Balaban J connectivity index is 1.55. The number of amides is 1. The predicted octanol–water partition coefficient (Wildman–Crippen LogP) is 3.38. The quantitative estimate of drug-likeness (QED) is 0.440. The fraction of sp³-hybridized carbons (Fsp3) is 0.136. The zero-order valence-corrected chi connectivity index (χ0v) is 16.4. The molecule has 1 aromatic heterocycles. The van der Waals surface area contributed by atoms with Crippen LogP contribution in [-0.2, 0) is 20.9 Å². The number of anilines is 1. The Morgan fingerprint density at radius 1 is 0.966 bits per heavy atom. The maximum absolute atomic E-state index is 12.6. The average molecular weight is 408 g/mol. The van der Waals surface area contributed by atoms with E-state index in [2.05, 4.69) is 5.32 Å². The zero-order chi connectivity index (χ0) is 20.6. The van der Waals surface area contributed by atoms with E-state index >= 15 is 0 Å². The number of ether oxygens (including phenoxy) is 1. The molecule has 7 heteroatoms. The van der Waals surface area contributed by atoms with Crippen LogP contribution in [0.1, 0.15) is 27.9 Å². The van der Waals surface area contributed by atoms with E-state index in [1.54, 1.807) is 35.7 Å². The highest BCUT2D eigenvalue weighted by atomic mass is 32.1. The van der Waals surface area contributed by atoms with Gasteiger partial charge in [0.05, 0.1) is 18.0 Å². The number of thiophene rings is 1. The normalized spacial score (nSPS) is 11.5. The SMILES string of the molecule is NC(CC(=O)OCc1ccccc1)C(=O)Nc1sccc1C(=O)c1ccccc1. The molecule has 0 spiro atoms. The first-order valence-electron chi connectivity index (χ1n) is 8.98. The Morgan fingerprint density at radius 2 is 1.62 bits per heavy atom. The minimum atomic E-state index is -1.08. The van der Waals surface area contributed by atoms with E-state index < -0.39 is 17.9 Å². The second-order valence-electron chi connectivity index (χ2n) is 6.30. The third-order valence-electron chi connectivity index (χ3n) is 4.15. The van der Waals surface area contributed by atoms with Gasteiger partial charge in [-0.2, -0.15) is 0 Å². The Labute approximate surface area is 172 Å². The van der Waals surface area contributed by atoms with Crippen molar-refractivity contribution in [3.05, 3.63) is 88.8 Å². The van der Waals surface area contributed by atoms with E-state index in [0.717, 1.165) is 5.56 Å². The molecular weight excluding hydrogens is 388 g/mol. The lowest BCUT2D eigenvalue weighted by Crippen LogP contribution is -2.38. The fourth-order valence-electron chi connectivity index (χ4n) is 2.60. The van der Waals surface area contributed by atoms with E-state index in [-0.39, 0.29) is 18.8 Å². The zero-order valence-electron chi connectivity index (χ0n) is 15.5. The van der Waals surface area contributed by atoms with Gasteiger partial charge in [-0.25, -0.2) is 0 Å². The van der Waals surface area contributed by atoms with Gasteiger partial charge in [0.1, 0.15) is 11.6 Å². The first kappa shape index (κ1) is 20.4. The van der Waals surface area contributed by atoms with E-state index in [1.807, 2.05) is 36.4 Å². The van der Waals surface area contributed by atoms with E-state index in [9.17, 15) is 14.4 Å². The average Bonchev–Trinajstić information content (AvgIpc) is 3.21. The molecule has 3 rings (SSSR count). The molecule has 29 heavy (non-hydrogen) atoms. The molecule has 0 bridgehead atoms. The molecule has 2 aromatic carbocycles. The summed E-state index contributed by atoms with van der Waals surface area (Å²) in [4.78, 5) is 37.0. The standard InChI is InChI=1S/C22H20N2O4S/c23-18(13-19(25)28-14-15-7-3-1-4-8-15)21(27)24-22-17(11-12-29-22)20(26)16-9-5-2-6-10-16/h1-12,18H,13-14,23H2,(H,24,27). The number of hydrogen-bond donors (Lipinski definition) is 2. The lowest BCUT2D eigenvalue weighted by Gasteiger charge is -2.12. The lowest BCUT2D eigenvalue weighted by molar-refractivity contribution is -0.146. The smallest absolute Gasteiger partial charge is 0.308 e. The highest BCUT2D eigenvalue weighted by Gasteiger charge is 2.22. The number of carbonyl (C=O) groups excluding carboxylic acids is 3. The van der Waals surface area contributed by atoms with Crippen LogP contribution < -0.4 is 11.1 Å². The first-order chi connectivity index (χ1) is 14.0. The minimum Gasteiger partial charge on any atom is -0.461 e. The van der Waals surface area contributed by atoms with Crippen LogP contribution in [0.15, 0.2) is 72.1 Å². The van der Waals surface area contributed by atoms with Crippen LogP contribution in [0.25, 0.3) is 0 Å². The Hall–Kier alpha value is -3.29. The highest BCUT2D eigenvalue weighted by Crippen LogP contribution is 2.26. The van der Waals surface area contributed by atoms with Crippen molar-refractivity contribution >= 4 is 34.0 Å². The predicted molar refractivity (Wildman–Crippen MR) is 112 cm³/mol. The number of benzene rings is 2. The van der Waals surface area contributed by atoms with Gasteiger partial charge in [0.2, 0.25) is 5.91 Å². The van der Waals surface area contributed by atoms with Crippen molar-refractivity contribution in [2.45, 2.75) is 19.1 Å². The number of esters is 1. The summed E-state index contributed by atoms with van der Waals surface area (Å²) in [6.07, 6.45) is -0.258. The van der Waals surface area contributed by atoms with E-state index in [1.165, 1.54) is 11.3 Å². The van der Waals surface area contributed by atoms with Crippen LogP contribution in [-0.4, -0.2) is 23.7 Å². The maximum Gasteiger partial charge on any atom is 0.308 e. The van der Waals surface area contributed by atoms with Crippen molar-refractivity contribution in [2.24, 2.45) is 5.73 Å². The van der Waals surface area contributed by atoms with E-state index in [4.69, 9.17) is 10.5 Å². The molecule has 1 heterocycles. The molecule has 0 aliphatic rings. The molecule has 1 unspecified atom stereocenters. The van der Waals surface area contributed by atoms with Gasteiger partial charge >= 0.3 is 5.97 Å². The molecule has 1 atom stereocenters. The van der Waals surface area contributed by atoms with Crippen LogP contribution in [0.2, 0.25) is 0 Å². The molecule has 0 fully saturated rings. The third kappa shape index (κ3) is 5.60. The maximum atomic E-state index is 12.6. The molecule has 0 radical (unpaired) electrons. The van der Waals surface area contributed by atoms with Crippen molar-refractivity contribution < 1.29 is 19.1 Å². The molecule has 6 nitrogen and oxygen atoms in total. The summed E-state index contributed by atoms with van der Waals surface area (Å²) in [5.74, 6) is -1.31. The van der Waals surface area contributed by atoms with Crippen LogP contribution >= 0.6 is 11.3 Å². The summed E-state index contributed by atoms with van der Waals surface area (Å²) in [5, 5.41) is 4.76. The van der Waals surface area contributed by atoms with E-state index in [0.29, 0.717) is 16.1 Å². The van der Waals surface area contributed by atoms with Gasteiger partial charge in [0, 0.05) is 5.56 Å². The number of carbonyl (C=O) groups is 3. The van der Waals surface area contributed by atoms with Crippen molar-refractivity contribution in [1.29, 1.82) is 0 Å². The lowest BCUT2D eigenvalue weighted by atomic mass is 10.1. The number of nitrogens with two attached hydrogens (primary N) is 1. The molecule has 148 valence electrons. The molecule has 0 saturated heterocycles. The molecular formula is C22H20N2O4S. The number of nitrogens with one attached hydrogen (secondary N) is 1. The molecule has 3 N–H and O–H groups in total. The Bertz CT molecular complexity index is 986. The van der Waals surface area contributed by atoms with Gasteiger partial charge in [-0.1, -0.05) is 60.7 Å². The van der Waals surface area contributed by atoms with Crippen molar-refractivity contribution in [3.8, 4) is 0 Å². The molecule has 0 aliphatic carbocycles. The molecule has 1 amide bonds. The number of ketones is 1. The summed E-state index contributed by atoms with van der Waals surface area (Å²) >= 11 is 1.22. The summed E-state index contributed by atoms with van der Waals surface area (Å²) in [6, 6.07) is 18.6. The summed E-state index contributed by atoms with van der Waals surface area (Å²) in [5.41, 5.74) is 7.60. The third-order valence-corrected chi connectivity index (χ3v) is 4.98. The Morgan fingerprint density at radius 3 is 2.31 bits per heavy atom. The van der Waals surface area contributed by atoms with Crippen LogP contribution in [0, 0.1) is 0 Å². The summed E-state index contributed by atoms with van der Waals surface area (Å²) in [6.45, 7) is 0.120. The number of rotatable bonds is 8. The van der Waals surface area contributed by atoms with Crippen LogP contribution in [0.4, 0.5) is 5.00 Å². The topological polar surface area (TPSA) is 98.5 Å². The monoisotopic (exact) mass is 408 g/mol. The van der Waals surface area contributed by atoms with Gasteiger partial charge in [-0.3, -0.25) is 14.4 Å². The number of hydrogen-bond acceptors (Lipinski definition) is 6. The molecule has 0 aliphatic heterocycles. The Kier molecular flexibility index (Phi) is 6.89. The van der Waals surface area contributed by atoms with Crippen molar-refractivity contribution in [3.63, 3.8) is 0 Å². The van der Waals surface area contributed by atoms with Gasteiger partial charge < -0.3 is 15.8 Å². The molecule has 3 aromatic rings. The second-order valence-corrected chi connectivity index (χ2v) is 7.22. The van der Waals surface area contributed by atoms with Gasteiger partial charge in [-0.15, -0.1) is 11.3 Å². The van der Waals surface area contributed by atoms with Gasteiger partial charge in [0.15, 0.2) is 5.78 Å². The minimum absolute atomic E-state index is 0.120. The largest absolute Gasteiger partial charge is 0.461 e. The molecule has 0 saturated carbocycles. The van der Waals surface area contributed by atoms with Gasteiger partial charge in [0.25, 0.3) is 0 Å². The van der Waals surface area contributed by atoms with Crippen molar-refractivity contribution in [2.75, 3.05) is 5.32 Å². The summed E-state index contributed by atoms with van der Waals surface area (Å²) < 4.78 is 5.15. The first-order valence-corrected chi connectivity index (χ1v) is 9.86. The van der Waals surface area contributed by atoms with Crippen LogP contribution in [0.3, 0.4) is 0 Å². The highest BCUT2D eigenvalue weighted by molar-refractivity contribution is 7.14. The van der Waals surface area contributed by atoms with Gasteiger partial charge in [-0.05, 0) is 17.0 Å². The fourth-order valence-corrected chi connectivity index (χ4v) is 3.39. The van der Waals surface area contributed by atoms with Crippen molar-refractivity contribution in [1.82, 2.24) is 0 Å².